The zero-order valence-electron chi connectivity index (χ0n) is 8.76. The Bertz CT molecular complexity index is 370. The van der Waals surface area contributed by atoms with Gasteiger partial charge in [0.05, 0.1) is 0 Å². The Kier molecular flexibility index (Phi) is 2.51. The lowest BCUT2D eigenvalue weighted by molar-refractivity contribution is 0.150. The maximum Gasteiger partial charge on any atom is 0.263 e. The number of rotatable bonds is 2. The van der Waals surface area contributed by atoms with E-state index < -0.39 is 6.43 Å². The van der Waals surface area contributed by atoms with Crippen LogP contribution in [0, 0.1) is 6.92 Å². The van der Waals surface area contributed by atoms with E-state index in [0.29, 0.717) is 0 Å². The van der Waals surface area contributed by atoms with Gasteiger partial charge < -0.3 is 5.73 Å². The molecule has 1 aliphatic carbocycles. The first-order valence-corrected chi connectivity index (χ1v) is 5.21. The minimum atomic E-state index is -2.41. The number of halogens is 2. The van der Waals surface area contributed by atoms with Crippen molar-refractivity contribution in [2.24, 2.45) is 5.73 Å². The van der Waals surface area contributed by atoms with Crippen LogP contribution in [0.1, 0.15) is 42.4 Å². The highest BCUT2D eigenvalue weighted by Crippen LogP contribution is 2.41. The van der Waals surface area contributed by atoms with Crippen molar-refractivity contribution in [3.63, 3.8) is 0 Å². The zero-order chi connectivity index (χ0) is 11.1. The fraction of sp³-hybridized carbons (Fsp3) is 0.500. The van der Waals surface area contributed by atoms with Crippen LogP contribution >= 0.6 is 0 Å². The van der Waals surface area contributed by atoms with Crippen LogP contribution in [0.2, 0.25) is 0 Å². The molecule has 0 aromatic heterocycles. The molecule has 1 aliphatic rings. The molecule has 1 saturated carbocycles. The van der Waals surface area contributed by atoms with Crippen LogP contribution in [0.5, 0.6) is 0 Å². The Morgan fingerprint density at radius 1 is 1.33 bits per heavy atom. The van der Waals surface area contributed by atoms with Gasteiger partial charge in [-0.1, -0.05) is 12.1 Å². The molecule has 0 aliphatic heterocycles. The standard InChI is InChI=1S/C12H15F2N/c1-8-3-4-9(11(13)14)7-10(8)12(15)5-2-6-12/h3-4,7,11H,2,5-6,15H2,1H3. The van der Waals surface area contributed by atoms with E-state index in [4.69, 9.17) is 5.73 Å². The van der Waals surface area contributed by atoms with Gasteiger partial charge in [0, 0.05) is 11.1 Å². The number of aryl methyl sites for hydroxylation is 1. The molecule has 1 nitrogen and oxygen atoms in total. The Labute approximate surface area is 88.3 Å². The molecular formula is C12H15F2N. The fourth-order valence-corrected chi connectivity index (χ4v) is 2.14. The Morgan fingerprint density at radius 3 is 2.47 bits per heavy atom. The quantitative estimate of drug-likeness (QED) is 0.798. The van der Waals surface area contributed by atoms with E-state index in [9.17, 15) is 8.78 Å². The highest BCUT2D eigenvalue weighted by molar-refractivity contribution is 5.38. The van der Waals surface area contributed by atoms with E-state index in [-0.39, 0.29) is 11.1 Å². The maximum absolute atomic E-state index is 12.5. The predicted octanol–water partition coefficient (Wildman–Crippen LogP) is 3.27. The summed E-state index contributed by atoms with van der Waals surface area (Å²) in [6, 6.07) is 4.79. The summed E-state index contributed by atoms with van der Waals surface area (Å²) in [6.45, 7) is 1.93. The first-order chi connectivity index (χ1) is 7.03. The number of nitrogens with two attached hydrogens (primary N) is 1. The molecule has 0 radical (unpaired) electrons. The SMILES string of the molecule is Cc1ccc(C(F)F)cc1C1(N)CCC1. The van der Waals surface area contributed by atoms with Gasteiger partial charge in [-0.05, 0) is 43.4 Å². The van der Waals surface area contributed by atoms with Crippen LogP contribution in [0.15, 0.2) is 18.2 Å². The predicted molar refractivity (Wildman–Crippen MR) is 55.9 cm³/mol. The maximum atomic E-state index is 12.5. The van der Waals surface area contributed by atoms with Gasteiger partial charge in [-0.3, -0.25) is 0 Å². The third-order valence-electron chi connectivity index (χ3n) is 3.30. The van der Waals surface area contributed by atoms with E-state index in [0.717, 1.165) is 30.4 Å². The molecular weight excluding hydrogens is 196 g/mol. The van der Waals surface area contributed by atoms with Gasteiger partial charge in [-0.15, -0.1) is 0 Å². The molecule has 0 amide bonds. The van der Waals surface area contributed by atoms with Crippen molar-refractivity contribution in [3.05, 3.63) is 34.9 Å². The largest absolute Gasteiger partial charge is 0.321 e. The van der Waals surface area contributed by atoms with E-state index in [1.54, 1.807) is 12.1 Å². The lowest BCUT2D eigenvalue weighted by Crippen LogP contribution is -2.43. The van der Waals surface area contributed by atoms with Crippen molar-refractivity contribution >= 4 is 0 Å². The summed E-state index contributed by atoms with van der Waals surface area (Å²) in [5, 5.41) is 0. The first-order valence-electron chi connectivity index (χ1n) is 5.21. The average Bonchev–Trinajstić information content (AvgIpc) is 2.14. The van der Waals surface area contributed by atoms with E-state index >= 15 is 0 Å². The van der Waals surface area contributed by atoms with Crippen LogP contribution in [0.4, 0.5) is 8.78 Å². The molecule has 1 aromatic carbocycles. The topological polar surface area (TPSA) is 26.0 Å². The van der Waals surface area contributed by atoms with E-state index in [1.165, 1.54) is 6.07 Å². The van der Waals surface area contributed by atoms with Gasteiger partial charge >= 0.3 is 0 Å². The second-order valence-electron chi connectivity index (χ2n) is 4.38. The monoisotopic (exact) mass is 211 g/mol. The summed E-state index contributed by atoms with van der Waals surface area (Å²) in [4.78, 5) is 0. The van der Waals surface area contributed by atoms with E-state index in [1.807, 2.05) is 6.92 Å². The van der Waals surface area contributed by atoms with Crippen LogP contribution in [0.25, 0.3) is 0 Å². The molecule has 0 unspecified atom stereocenters. The summed E-state index contributed by atoms with van der Waals surface area (Å²) in [5.41, 5.74) is 7.78. The average molecular weight is 211 g/mol. The van der Waals surface area contributed by atoms with Gasteiger partial charge in [0.1, 0.15) is 0 Å². The number of benzene rings is 1. The summed E-state index contributed by atoms with van der Waals surface area (Å²) < 4.78 is 25.1. The number of hydrogen-bond acceptors (Lipinski definition) is 1. The van der Waals surface area contributed by atoms with Gasteiger partial charge in [0.15, 0.2) is 0 Å². The zero-order valence-corrected chi connectivity index (χ0v) is 8.76. The van der Waals surface area contributed by atoms with E-state index in [2.05, 4.69) is 0 Å². The molecule has 0 saturated heterocycles. The van der Waals surface area contributed by atoms with Crippen molar-refractivity contribution in [1.29, 1.82) is 0 Å². The van der Waals surface area contributed by atoms with Gasteiger partial charge in [-0.25, -0.2) is 8.78 Å². The summed E-state index contributed by atoms with van der Waals surface area (Å²) >= 11 is 0. The van der Waals surface area contributed by atoms with Crippen LogP contribution in [0.3, 0.4) is 0 Å². The number of alkyl halides is 2. The third-order valence-corrected chi connectivity index (χ3v) is 3.30. The molecule has 82 valence electrons. The normalized spacial score (nSPS) is 19.0. The molecule has 3 heteroatoms. The molecule has 0 bridgehead atoms. The Morgan fingerprint density at radius 2 is 2.00 bits per heavy atom. The minimum Gasteiger partial charge on any atom is -0.321 e. The molecule has 0 spiro atoms. The minimum absolute atomic E-state index is 0.0762. The molecule has 2 N–H and O–H groups in total. The van der Waals surface area contributed by atoms with Crippen LogP contribution in [-0.2, 0) is 5.54 Å². The first kappa shape index (κ1) is 10.6. The molecule has 1 fully saturated rings. The molecule has 0 atom stereocenters. The lowest BCUT2D eigenvalue weighted by Gasteiger charge is -2.39. The highest BCUT2D eigenvalue weighted by atomic mass is 19.3. The van der Waals surface area contributed by atoms with Crippen LogP contribution in [-0.4, -0.2) is 0 Å². The summed E-state index contributed by atoms with van der Waals surface area (Å²) in [6.07, 6.45) is 0.489. The molecule has 0 heterocycles. The molecule has 15 heavy (non-hydrogen) atoms. The Balaban J connectivity index is 2.41. The fourth-order valence-electron chi connectivity index (χ4n) is 2.14. The van der Waals surface area contributed by atoms with Crippen molar-refractivity contribution in [3.8, 4) is 0 Å². The Hall–Kier alpha value is -0.960. The number of hydrogen-bond donors (Lipinski definition) is 1. The van der Waals surface area contributed by atoms with Crippen molar-refractivity contribution in [2.75, 3.05) is 0 Å². The second kappa shape index (κ2) is 3.56. The highest BCUT2D eigenvalue weighted by Gasteiger charge is 2.35. The summed E-state index contributed by atoms with van der Waals surface area (Å²) in [7, 11) is 0. The van der Waals surface area contributed by atoms with Gasteiger partial charge in [0.2, 0.25) is 0 Å². The summed E-state index contributed by atoms with van der Waals surface area (Å²) in [5.74, 6) is 0. The second-order valence-corrected chi connectivity index (χ2v) is 4.38. The third kappa shape index (κ3) is 1.76. The van der Waals surface area contributed by atoms with Gasteiger partial charge in [-0.2, -0.15) is 0 Å². The van der Waals surface area contributed by atoms with Crippen molar-refractivity contribution in [1.82, 2.24) is 0 Å². The van der Waals surface area contributed by atoms with Crippen LogP contribution < -0.4 is 5.73 Å². The van der Waals surface area contributed by atoms with Gasteiger partial charge in [0.25, 0.3) is 6.43 Å². The molecule has 1 aromatic rings. The smallest absolute Gasteiger partial charge is 0.263 e. The van der Waals surface area contributed by atoms with Crippen molar-refractivity contribution < 1.29 is 8.78 Å². The van der Waals surface area contributed by atoms with Crippen molar-refractivity contribution in [2.45, 2.75) is 38.2 Å². The lowest BCUT2D eigenvalue weighted by atomic mass is 9.71. The molecule has 2 rings (SSSR count).